The molecule has 2 aromatic heterocycles. The number of nitro groups is 1. The standard InChI is InChI=1S/C19H15N5O3/c1-12-6-8-14(17(10-12)24(25)26)18-9-7-13(27-18)11-20-23-19-21-15-4-2-3-5-16(15)22-19/h2-11H,1H3,(H2,21,22,23). The van der Waals surface area contributed by atoms with E-state index in [9.17, 15) is 10.1 Å². The molecule has 0 aliphatic heterocycles. The van der Waals surface area contributed by atoms with Crippen LogP contribution in [0.3, 0.4) is 0 Å². The number of aromatic amines is 1. The minimum Gasteiger partial charge on any atom is -0.455 e. The number of nitro benzene ring substituents is 1. The van der Waals surface area contributed by atoms with Crippen LogP contribution in [0.4, 0.5) is 11.6 Å². The van der Waals surface area contributed by atoms with Crippen molar-refractivity contribution in [2.24, 2.45) is 5.10 Å². The third-order valence-electron chi connectivity index (χ3n) is 3.99. The lowest BCUT2D eigenvalue weighted by molar-refractivity contribution is -0.384. The molecule has 4 rings (SSSR count). The van der Waals surface area contributed by atoms with Gasteiger partial charge in [-0.05, 0) is 42.8 Å². The van der Waals surface area contributed by atoms with Crippen LogP contribution in [-0.2, 0) is 0 Å². The Balaban J connectivity index is 1.53. The summed E-state index contributed by atoms with van der Waals surface area (Å²) >= 11 is 0. The number of hydrazone groups is 1. The molecule has 0 radical (unpaired) electrons. The first-order valence-corrected chi connectivity index (χ1v) is 8.19. The van der Waals surface area contributed by atoms with Crippen molar-refractivity contribution in [3.63, 3.8) is 0 Å². The number of para-hydroxylation sites is 2. The molecule has 0 atom stereocenters. The Kier molecular flexibility index (Phi) is 4.13. The highest BCUT2D eigenvalue weighted by atomic mass is 16.6. The lowest BCUT2D eigenvalue weighted by Gasteiger charge is -2.01. The summed E-state index contributed by atoms with van der Waals surface area (Å²) in [7, 11) is 0. The summed E-state index contributed by atoms with van der Waals surface area (Å²) in [6.45, 7) is 1.81. The van der Waals surface area contributed by atoms with Crippen LogP contribution in [0.25, 0.3) is 22.4 Å². The molecule has 0 spiro atoms. The topological polar surface area (TPSA) is 109 Å². The molecular formula is C19H15N5O3. The average molecular weight is 361 g/mol. The van der Waals surface area contributed by atoms with Crippen molar-refractivity contribution >= 4 is 28.9 Å². The molecule has 2 N–H and O–H groups in total. The largest absolute Gasteiger partial charge is 0.455 e. The van der Waals surface area contributed by atoms with Gasteiger partial charge in [-0.15, -0.1) is 0 Å². The molecule has 2 aromatic carbocycles. The number of nitrogens with one attached hydrogen (secondary N) is 2. The highest BCUT2D eigenvalue weighted by molar-refractivity contribution is 5.80. The van der Waals surface area contributed by atoms with Gasteiger partial charge in [-0.1, -0.05) is 18.2 Å². The van der Waals surface area contributed by atoms with Gasteiger partial charge in [0.05, 0.1) is 27.7 Å². The second-order valence-electron chi connectivity index (χ2n) is 5.95. The number of aromatic nitrogens is 2. The number of rotatable bonds is 5. The van der Waals surface area contributed by atoms with Gasteiger partial charge < -0.3 is 9.40 Å². The summed E-state index contributed by atoms with van der Waals surface area (Å²) < 4.78 is 5.67. The molecule has 8 nitrogen and oxygen atoms in total. The van der Waals surface area contributed by atoms with Crippen molar-refractivity contribution in [2.45, 2.75) is 6.92 Å². The number of aryl methyl sites for hydroxylation is 1. The minimum atomic E-state index is -0.415. The summed E-state index contributed by atoms with van der Waals surface area (Å²) in [5.74, 6) is 1.38. The van der Waals surface area contributed by atoms with Gasteiger partial charge in [0.15, 0.2) is 0 Å². The number of benzene rings is 2. The zero-order chi connectivity index (χ0) is 18.8. The lowest BCUT2D eigenvalue weighted by atomic mass is 10.1. The first-order valence-electron chi connectivity index (χ1n) is 8.19. The smallest absolute Gasteiger partial charge is 0.280 e. The van der Waals surface area contributed by atoms with Crippen LogP contribution in [0.15, 0.2) is 64.1 Å². The van der Waals surface area contributed by atoms with Crippen molar-refractivity contribution in [1.82, 2.24) is 9.97 Å². The highest BCUT2D eigenvalue weighted by Crippen LogP contribution is 2.31. The Labute approximate surface area is 153 Å². The van der Waals surface area contributed by atoms with Crippen LogP contribution in [0, 0.1) is 17.0 Å². The van der Waals surface area contributed by atoms with Gasteiger partial charge in [-0.25, -0.2) is 10.4 Å². The van der Waals surface area contributed by atoms with E-state index in [1.165, 1.54) is 12.3 Å². The maximum Gasteiger partial charge on any atom is 0.280 e. The SMILES string of the molecule is Cc1ccc(-c2ccc(C=NNc3nc4ccccc4[nH]3)o2)c([N+](=O)[O-])c1. The molecule has 0 saturated heterocycles. The molecule has 0 unspecified atom stereocenters. The Morgan fingerprint density at radius 3 is 2.89 bits per heavy atom. The Hall–Kier alpha value is -3.94. The normalized spacial score (nSPS) is 11.3. The van der Waals surface area contributed by atoms with Crippen molar-refractivity contribution in [3.05, 3.63) is 76.0 Å². The van der Waals surface area contributed by atoms with E-state index >= 15 is 0 Å². The Morgan fingerprint density at radius 2 is 2.07 bits per heavy atom. The van der Waals surface area contributed by atoms with E-state index in [2.05, 4.69) is 20.5 Å². The van der Waals surface area contributed by atoms with E-state index in [4.69, 9.17) is 4.42 Å². The first kappa shape index (κ1) is 16.5. The molecule has 27 heavy (non-hydrogen) atoms. The van der Waals surface area contributed by atoms with Crippen LogP contribution >= 0.6 is 0 Å². The number of furan rings is 1. The van der Waals surface area contributed by atoms with Crippen molar-refractivity contribution in [3.8, 4) is 11.3 Å². The summed E-state index contributed by atoms with van der Waals surface area (Å²) in [4.78, 5) is 18.3. The maximum atomic E-state index is 11.3. The third-order valence-corrected chi connectivity index (χ3v) is 3.99. The molecule has 0 saturated carbocycles. The molecule has 0 aliphatic carbocycles. The second-order valence-corrected chi connectivity index (χ2v) is 5.95. The average Bonchev–Trinajstić information content (AvgIpc) is 3.28. The monoisotopic (exact) mass is 361 g/mol. The van der Waals surface area contributed by atoms with Gasteiger partial charge in [0.1, 0.15) is 11.5 Å². The zero-order valence-electron chi connectivity index (χ0n) is 14.3. The van der Waals surface area contributed by atoms with E-state index in [0.29, 0.717) is 23.0 Å². The van der Waals surface area contributed by atoms with Crippen molar-refractivity contribution in [2.75, 3.05) is 5.43 Å². The number of nitrogens with zero attached hydrogens (tertiary/aromatic N) is 3. The van der Waals surface area contributed by atoms with E-state index < -0.39 is 4.92 Å². The fraction of sp³-hybridized carbons (Fsp3) is 0.0526. The number of hydrogen-bond donors (Lipinski definition) is 2. The van der Waals surface area contributed by atoms with E-state index in [0.717, 1.165) is 16.6 Å². The molecule has 8 heteroatoms. The van der Waals surface area contributed by atoms with E-state index in [-0.39, 0.29) is 5.69 Å². The molecule has 2 heterocycles. The van der Waals surface area contributed by atoms with E-state index in [1.54, 1.807) is 25.1 Å². The van der Waals surface area contributed by atoms with Crippen LogP contribution in [0.2, 0.25) is 0 Å². The highest BCUT2D eigenvalue weighted by Gasteiger charge is 2.18. The van der Waals surface area contributed by atoms with Gasteiger partial charge in [0, 0.05) is 6.07 Å². The molecule has 0 aliphatic rings. The summed E-state index contributed by atoms with van der Waals surface area (Å²) in [5, 5.41) is 15.4. The molecule has 0 amide bonds. The zero-order valence-corrected chi connectivity index (χ0v) is 14.3. The fourth-order valence-corrected chi connectivity index (χ4v) is 2.73. The summed E-state index contributed by atoms with van der Waals surface area (Å²) in [5.41, 5.74) is 5.79. The van der Waals surface area contributed by atoms with Crippen LogP contribution < -0.4 is 5.43 Å². The number of fused-ring (bicyclic) bond motifs is 1. The number of anilines is 1. The van der Waals surface area contributed by atoms with Gasteiger partial charge in [-0.3, -0.25) is 10.1 Å². The van der Waals surface area contributed by atoms with Crippen LogP contribution in [0.1, 0.15) is 11.3 Å². The first-order chi connectivity index (χ1) is 13.1. The van der Waals surface area contributed by atoms with Gasteiger partial charge in [-0.2, -0.15) is 5.10 Å². The maximum absolute atomic E-state index is 11.3. The van der Waals surface area contributed by atoms with E-state index in [1.807, 2.05) is 30.3 Å². The van der Waals surface area contributed by atoms with Crippen molar-refractivity contribution in [1.29, 1.82) is 0 Å². The number of imidazole rings is 1. The summed E-state index contributed by atoms with van der Waals surface area (Å²) in [6.07, 6.45) is 1.48. The van der Waals surface area contributed by atoms with Gasteiger partial charge in [0.25, 0.3) is 5.69 Å². The molecule has 0 bridgehead atoms. The van der Waals surface area contributed by atoms with Gasteiger partial charge >= 0.3 is 0 Å². The van der Waals surface area contributed by atoms with Crippen LogP contribution in [0.5, 0.6) is 0 Å². The number of H-pyrrole nitrogens is 1. The molecular weight excluding hydrogens is 346 g/mol. The Morgan fingerprint density at radius 1 is 1.22 bits per heavy atom. The minimum absolute atomic E-state index is 0.00763. The summed E-state index contributed by atoms with van der Waals surface area (Å²) in [6, 6.07) is 16.0. The predicted molar refractivity (Wildman–Crippen MR) is 103 cm³/mol. The third kappa shape index (κ3) is 3.40. The molecule has 134 valence electrons. The Bertz CT molecular complexity index is 1130. The lowest BCUT2D eigenvalue weighted by Crippen LogP contribution is -1.92. The fourth-order valence-electron chi connectivity index (χ4n) is 2.73. The molecule has 0 fully saturated rings. The van der Waals surface area contributed by atoms with Gasteiger partial charge in [0.2, 0.25) is 5.95 Å². The van der Waals surface area contributed by atoms with Crippen molar-refractivity contribution < 1.29 is 9.34 Å². The second kappa shape index (κ2) is 6.75. The molecule has 4 aromatic rings. The predicted octanol–water partition coefficient (Wildman–Crippen LogP) is 4.49. The van der Waals surface area contributed by atoms with Crippen LogP contribution in [-0.4, -0.2) is 21.1 Å². The number of hydrogen-bond acceptors (Lipinski definition) is 6. The quantitative estimate of drug-likeness (QED) is 0.309.